The molecular weight excluding hydrogens is 209 g/mol. The third kappa shape index (κ3) is 2.28. The molecule has 0 bridgehead atoms. The van der Waals surface area contributed by atoms with E-state index in [1.165, 1.54) is 19.2 Å². The number of benzene rings is 1. The van der Waals surface area contributed by atoms with Crippen LogP contribution in [-0.2, 0) is 6.18 Å². The molecular formula is C9H9F3OSi. The van der Waals surface area contributed by atoms with Gasteiger partial charge in [-0.25, -0.2) is 0 Å². The summed E-state index contributed by atoms with van der Waals surface area (Å²) in [5.74, 6) is -0.107. The number of methoxy groups -OCH3 is 1. The van der Waals surface area contributed by atoms with E-state index in [2.05, 4.69) is 0 Å². The van der Waals surface area contributed by atoms with E-state index >= 15 is 0 Å². The maximum absolute atomic E-state index is 12.4. The van der Waals surface area contributed by atoms with Gasteiger partial charge in [-0.2, -0.15) is 13.2 Å². The third-order valence-corrected chi connectivity index (χ3v) is 2.68. The van der Waals surface area contributed by atoms with Crippen molar-refractivity contribution in [3.63, 3.8) is 0 Å². The Morgan fingerprint density at radius 1 is 1.29 bits per heavy atom. The van der Waals surface area contributed by atoms with E-state index in [1.807, 2.05) is 6.55 Å². The molecule has 0 atom stereocenters. The summed E-state index contributed by atoms with van der Waals surface area (Å²) in [6.07, 6.45) is -4.35. The molecule has 0 aromatic heterocycles. The van der Waals surface area contributed by atoms with Crippen molar-refractivity contribution in [2.24, 2.45) is 0 Å². The lowest BCUT2D eigenvalue weighted by atomic mass is 10.2. The van der Waals surface area contributed by atoms with Crippen LogP contribution in [0.4, 0.5) is 13.2 Å². The lowest BCUT2D eigenvalue weighted by molar-refractivity contribution is -0.138. The van der Waals surface area contributed by atoms with Crippen LogP contribution < -0.4 is 9.92 Å². The first-order valence-electron chi connectivity index (χ1n) is 3.92. The average Bonchev–Trinajstić information content (AvgIpc) is 2.15. The molecule has 1 aromatic rings. The van der Waals surface area contributed by atoms with Crippen LogP contribution in [0.5, 0.6) is 5.75 Å². The maximum atomic E-state index is 12.4. The molecule has 0 unspecified atom stereocenters. The van der Waals surface area contributed by atoms with Crippen LogP contribution in [0.25, 0.3) is 0 Å². The van der Waals surface area contributed by atoms with E-state index in [4.69, 9.17) is 4.74 Å². The molecule has 1 nitrogen and oxygen atoms in total. The van der Waals surface area contributed by atoms with E-state index in [9.17, 15) is 13.2 Å². The van der Waals surface area contributed by atoms with Crippen LogP contribution in [0.1, 0.15) is 5.56 Å². The molecule has 1 aromatic carbocycles. The summed E-state index contributed by atoms with van der Waals surface area (Å²) in [4.78, 5) is 0. The third-order valence-electron chi connectivity index (χ3n) is 1.80. The van der Waals surface area contributed by atoms with E-state index in [1.54, 1.807) is 0 Å². The minimum absolute atomic E-state index is 0.107. The highest BCUT2D eigenvalue weighted by Gasteiger charge is 2.34. The Hall–Kier alpha value is -0.973. The Labute approximate surface area is 82.7 Å². The molecule has 0 N–H and O–H groups in total. The standard InChI is InChI=1S/C9H9F3OSi/c1-13-8-5-6(14-2)3-4-7(8)9(10,11)12/h3-5H,1-2H3. The van der Waals surface area contributed by atoms with Crippen LogP contribution >= 0.6 is 0 Å². The fourth-order valence-electron chi connectivity index (χ4n) is 1.08. The van der Waals surface area contributed by atoms with Crippen molar-refractivity contribution < 1.29 is 17.9 Å². The van der Waals surface area contributed by atoms with Gasteiger partial charge < -0.3 is 4.74 Å². The Balaban J connectivity index is 3.18. The second kappa shape index (κ2) is 4.04. The summed E-state index contributed by atoms with van der Waals surface area (Å²) in [5, 5.41) is 0.856. The number of hydrogen-bond acceptors (Lipinski definition) is 1. The largest absolute Gasteiger partial charge is 0.496 e. The number of ether oxygens (including phenoxy) is 1. The predicted molar refractivity (Wildman–Crippen MR) is 49.2 cm³/mol. The Morgan fingerprint density at radius 2 is 1.93 bits per heavy atom. The highest BCUT2D eigenvalue weighted by molar-refractivity contribution is 6.51. The highest BCUT2D eigenvalue weighted by Crippen LogP contribution is 2.35. The van der Waals surface area contributed by atoms with Gasteiger partial charge in [0.2, 0.25) is 0 Å². The van der Waals surface area contributed by atoms with Crippen molar-refractivity contribution in [1.82, 2.24) is 0 Å². The molecule has 76 valence electrons. The predicted octanol–water partition coefficient (Wildman–Crippen LogP) is 2.09. The van der Waals surface area contributed by atoms with Crippen LogP contribution in [-0.4, -0.2) is 16.6 Å². The van der Waals surface area contributed by atoms with Gasteiger partial charge in [-0.05, 0) is 12.1 Å². The Bertz CT molecular complexity index is 322. The molecule has 0 saturated heterocycles. The van der Waals surface area contributed by atoms with Crippen molar-refractivity contribution in [3.8, 4) is 5.75 Å². The monoisotopic (exact) mass is 218 g/mol. The van der Waals surface area contributed by atoms with Gasteiger partial charge in [0.1, 0.15) is 5.75 Å². The highest BCUT2D eigenvalue weighted by atomic mass is 28.2. The number of halogens is 3. The zero-order valence-corrected chi connectivity index (χ0v) is 8.77. The van der Waals surface area contributed by atoms with Crippen molar-refractivity contribution in [2.75, 3.05) is 7.11 Å². The minimum Gasteiger partial charge on any atom is -0.496 e. The molecule has 0 fully saturated rings. The zero-order valence-electron chi connectivity index (χ0n) is 7.77. The minimum atomic E-state index is -4.35. The van der Waals surface area contributed by atoms with E-state index < -0.39 is 11.7 Å². The fourth-order valence-corrected chi connectivity index (χ4v) is 1.61. The van der Waals surface area contributed by atoms with Crippen molar-refractivity contribution in [1.29, 1.82) is 0 Å². The lowest BCUT2D eigenvalue weighted by Crippen LogP contribution is -2.14. The lowest BCUT2D eigenvalue weighted by Gasteiger charge is -2.12. The smallest absolute Gasteiger partial charge is 0.419 e. The van der Waals surface area contributed by atoms with Gasteiger partial charge >= 0.3 is 6.18 Å². The number of rotatable bonds is 2. The molecule has 0 saturated carbocycles. The normalized spacial score (nSPS) is 11.5. The summed E-state index contributed by atoms with van der Waals surface area (Å²) < 4.78 is 41.9. The first kappa shape index (κ1) is 11.1. The molecule has 0 spiro atoms. The van der Waals surface area contributed by atoms with Gasteiger partial charge in [-0.15, -0.1) is 0 Å². The topological polar surface area (TPSA) is 9.23 Å². The molecule has 0 amide bonds. The van der Waals surface area contributed by atoms with Gasteiger partial charge in [-0.1, -0.05) is 17.8 Å². The first-order valence-corrected chi connectivity index (χ1v) is 5.42. The second-order valence-electron chi connectivity index (χ2n) is 2.66. The first-order chi connectivity index (χ1) is 6.49. The van der Waals surface area contributed by atoms with Gasteiger partial charge in [0.25, 0.3) is 0 Å². The van der Waals surface area contributed by atoms with E-state index in [-0.39, 0.29) is 5.75 Å². The SMILES string of the molecule is COc1cc([Si]C)ccc1C(F)(F)F. The van der Waals surface area contributed by atoms with Crippen molar-refractivity contribution in [2.45, 2.75) is 12.7 Å². The molecule has 0 heterocycles. The summed E-state index contributed by atoms with van der Waals surface area (Å²) in [6.45, 7) is 1.90. The van der Waals surface area contributed by atoms with Crippen LogP contribution in [0.2, 0.25) is 6.55 Å². The Kier molecular flexibility index (Phi) is 3.20. The van der Waals surface area contributed by atoms with E-state index in [0.717, 1.165) is 11.3 Å². The molecule has 0 aliphatic heterocycles. The summed E-state index contributed by atoms with van der Waals surface area (Å²) >= 11 is 0. The Morgan fingerprint density at radius 3 is 2.36 bits per heavy atom. The van der Waals surface area contributed by atoms with Gasteiger partial charge in [0, 0.05) is 0 Å². The van der Waals surface area contributed by atoms with Gasteiger partial charge in [0.05, 0.1) is 22.2 Å². The van der Waals surface area contributed by atoms with Crippen molar-refractivity contribution >= 4 is 14.7 Å². The number of hydrogen-bond donors (Lipinski definition) is 0. The quantitative estimate of drug-likeness (QED) is 0.691. The second-order valence-corrected chi connectivity index (χ2v) is 3.74. The zero-order chi connectivity index (χ0) is 10.8. The molecule has 1 rings (SSSR count). The van der Waals surface area contributed by atoms with Gasteiger partial charge in [0.15, 0.2) is 0 Å². The van der Waals surface area contributed by atoms with Gasteiger partial charge in [-0.3, -0.25) is 0 Å². The molecule has 14 heavy (non-hydrogen) atoms. The molecule has 2 radical (unpaired) electrons. The molecule has 0 aliphatic rings. The average molecular weight is 218 g/mol. The summed E-state index contributed by atoms with van der Waals surface area (Å²) in [5.41, 5.74) is -0.720. The molecule has 5 heteroatoms. The van der Waals surface area contributed by atoms with Crippen LogP contribution in [0.15, 0.2) is 18.2 Å². The van der Waals surface area contributed by atoms with Crippen LogP contribution in [0.3, 0.4) is 0 Å². The van der Waals surface area contributed by atoms with Crippen LogP contribution in [0, 0.1) is 0 Å². The fraction of sp³-hybridized carbons (Fsp3) is 0.333. The number of alkyl halides is 3. The maximum Gasteiger partial charge on any atom is 0.419 e. The van der Waals surface area contributed by atoms with E-state index in [0.29, 0.717) is 9.52 Å². The summed E-state index contributed by atoms with van der Waals surface area (Å²) in [6, 6.07) is 3.97. The molecule has 0 aliphatic carbocycles. The van der Waals surface area contributed by atoms with Crippen molar-refractivity contribution in [3.05, 3.63) is 23.8 Å². The summed E-state index contributed by atoms with van der Waals surface area (Å²) in [7, 11) is 1.71.